The minimum atomic E-state index is 0.289. The van der Waals surface area contributed by atoms with Crippen LogP contribution in [0.4, 0.5) is 0 Å². The van der Waals surface area contributed by atoms with Crippen molar-refractivity contribution in [2.75, 3.05) is 0 Å². The maximum absolute atomic E-state index is 5.82. The summed E-state index contributed by atoms with van der Waals surface area (Å²) in [6, 6.07) is 10.9. The Kier molecular flexibility index (Phi) is 2.57. The van der Waals surface area contributed by atoms with E-state index in [1.807, 2.05) is 12.3 Å². The molecule has 1 aromatic carbocycles. The summed E-state index contributed by atoms with van der Waals surface area (Å²) in [4.78, 5) is 4.37. The molecule has 2 aliphatic carbocycles. The van der Waals surface area contributed by atoms with Crippen molar-refractivity contribution in [2.24, 2.45) is 23.6 Å². The van der Waals surface area contributed by atoms with Crippen LogP contribution in [0.3, 0.4) is 0 Å². The summed E-state index contributed by atoms with van der Waals surface area (Å²) < 4.78 is 0. The molecule has 0 saturated heterocycles. The predicted molar refractivity (Wildman–Crippen MR) is 76.1 cm³/mol. The summed E-state index contributed by atoms with van der Waals surface area (Å²) >= 11 is 0. The molecule has 0 spiro atoms. The lowest BCUT2D eigenvalue weighted by molar-refractivity contribution is 0.346. The van der Waals surface area contributed by atoms with E-state index >= 15 is 0 Å². The minimum absolute atomic E-state index is 0.289. The van der Waals surface area contributed by atoms with Crippen molar-refractivity contribution < 1.29 is 0 Å². The molecule has 3 atom stereocenters. The second-order valence-electron chi connectivity index (χ2n) is 6.09. The summed E-state index contributed by atoms with van der Waals surface area (Å²) in [7, 11) is 0. The van der Waals surface area contributed by atoms with Crippen LogP contribution >= 0.6 is 0 Å². The molecule has 3 heteroatoms. The fraction of sp³-hybridized carbons (Fsp3) is 0.438. The van der Waals surface area contributed by atoms with E-state index in [0.717, 1.165) is 17.4 Å². The highest BCUT2D eigenvalue weighted by Crippen LogP contribution is 2.57. The Hall–Kier alpha value is -1.45. The van der Waals surface area contributed by atoms with Crippen LogP contribution in [-0.4, -0.2) is 4.98 Å². The molecule has 3 nitrogen and oxygen atoms in total. The first-order valence-electron chi connectivity index (χ1n) is 7.16. The number of rotatable bonds is 3. The topological polar surface area (TPSA) is 50.9 Å². The van der Waals surface area contributed by atoms with E-state index < -0.39 is 0 Å². The summed E-state index contributed by atoms with van der Waals surface area (Å²) in [5, 5.41) is 1.20. The molecule has 3 unspecified atom stereocenters. The highest BCUT2D eigenvalue weighted by atomic mass is 15.2. The molecule has 2 saturated carbocycles. The SMILES string of the molecule is NNC(c1ccc2ncccc2c1)C1CC2CC2C1. The molecule has 1 heterocycles. The number of nitrogens with two attached hydrogens (primary N) is 1. The first-order valence-corrected chi connectivity index (χ1v) is 7.16. The number of hydrogen-bond acceptors (Lipinski definition) is 3. The molecular weight excluding hydrogens is 234 g/mol. The molecule has 0 radical (unpaired) electrons. The lowest BCUT2D eigenvalue weighted by Crippen LogP contribution is -2.33. The Balaban J connectivity index is 1.67. The van der Waals surface area contributed by atoms with Gasteiger partial charge in [0.15, 0.2) is 0 Å². The second-order valence-corrected chi connectivity index (χ2v) is 6.09. The highest BCUT2D eigenvalue weighted by Gasteiger charge is 2.47. The number of aromatic nitrogens is 1. The summed E-state index contributed by atoms with van der Waals surface area (Å²) in [6.07, 6.45) is 5.97. The first kappa shape index (κ1) is 11.4. The number of hydrogen-bond donors (Lipinski definition) is 2. The average molecular weight is 253 g/mol. The van der Waals surface area contributed by atoms with E-state index in [4.69, 9.17) is 5.84 Å². The van der Waals surface area contributed by atoms with Crippen LogP contribution in [0.25, 0.3) is 10.9 Å². The fourth-order valence-electron chi connectivity index (χ4n) is 3.83. The third kappa shape index (κ3) is 1.94. The molecule has 0 amide bonds. The maximum atomic E-state index is 5.82. The van der Waals surface area contributed by atoms with Crippen LogP contribution in [0.5, 0.6) is 0 Å². The van der Waals surface area contributed by atoms with Crippen molar-refractivity contribution >= 4 is 10.9 Å². The van der Waals surface area contributed by atoms with Gasteiger partial charge in [-0.2, -0.15) is 0 Å². The quantitative estimate of drug-likeness (QED) is 0.653. The minimum Gasteiger partial charge on any atom is -0.271 e. The van der Waals surface area contributed by atoms with Gasteiger partial charge in [0.2, 0.25) is 0 Å². The third-order valence-electron chi connectivity index (χ3n) is 4.92. The van der Waals surface area contributed by atoms with Gasteiger partial charge in [-0.3, -0.25) is 16.3 Å². The number of nitrogens with zero attached hydrogens (tertiary/aromatic N) is 1. The van der Waals surface area contributed by atoms with Gasteiger partial charge in [-0.25, -0.2) is 0 Å². The molecule has 2 fully saturated rings. The Morgan fingerprint density at radius 3 is 2.79 bits per heavy atom. The Bertz CT molecular complexity index is 600. The van der Waals surface area contributed by atoms with Crippen LogP contribution in [0.2, 0.25) is 0 Å². The largest absolute Gasteiger partial charge is 0.271 e. The number of pyridine rings is 1. The molecule has 0 bridgehead atoms. The maximum Gasteiger partial charge on any atom is 0.0702 e. The number of hydrazine groups is 1. The van der Waals surface area contributed by atoms with Gasteiger partial charge in [0, 0.05) is 17.6 Å². The normalized spacial score (nSPS) is 30.3. The van der Waals surface area contributed by atoms with Crippen molar-refractivity contribution in [3.8, 4) is 0 Å². The van der Waals surface area contributed by atoms with Gasteiger partial charge >= 0.3 is 0 Å². The van der Waals surface area contributed by atoms with Crippen LogP contribution in [-0.2, 0) is 0 Å². The van der Waals surface area contributed by atoms with Crippen molar-refractivity contribution in [1.29, 1.82) is 0 Å². The first-order chi connectivity index (χ1) is 9.35. The Morgan fingerprint density at radius 2 is 2.00 bits per heavy atom. The van der Waals surface area contributed by atoms with Crippen molar-refractivity contribution in [2.45, 2.75) is 25.3 Å². The van der Waals surface area contributed by atoms with E-state index in [1.165, 1.54) is 30.2 Å². The summed E-state index contributed by atoms with van der Waals surface area (Å²) in [5.41, 5.74) is 5.40. The van der Waals surface area contributed by atoms with E-state index in [9.17, 15) is 0 Å². The monoisotopic (exact) mass is 253 g/mol. The lowest BCUT2D eigenvalue weighted by Gasteiger charge is -2.24. The zero-order chi connectivity index (χ0) is 12.8. The smallest absolute Gasteiger partial charge is 0.0702 e. The van der Waals surface area contributed by atoms with Gasteiger partial charge in [-0.05, 0) is 60.8 Å². The average Bonchev–Trinajstić information content (AvgIpc) is 3.06. The predicted octanol–water partition coefficient (Wildman–Crippen LogP) is 2.79. The van der Waals surface area contributed by atoms with E-state index in [0.29, 0.717) is 5.92 Å². The van der Waals surface area contributed by atoms with Crippen LogP contribution in [0, 0.1) is 17.8 Å². The number of nitrogens with one attached hydrogen (secondary N) is 1. The fourth-order valence-corrected chi connectivity index (χ4v) is 3.83. The highest BCUT2D eigenvalue weighted by molar-refractivity contribution is 5.79. The van der Waals surface area contributed by atoms with Crippen molar-refractivity contribution in [1.82, 2.24) is 10.4 Å². The van der Waals surface area contributed by atoms with Gasteiger partial charge in [-0.15, -0.1) is 0 Å². The molecule has 3 N–H and O–H groups in total. The molecule has 0 aliphatic heterocycles. The van der Waals surface area contributed by atoms with Gasteiger partial charge in [0.25, 0.3) is 0 Å². The van der Waals surface area contributed by atoms with Crippen LogP contribution < -0.4 is 11.3 Å². The van der Waals surface area contributed by atoms with Crippen molar-refractivity contribution in [3.63, 3.8) is 0 Å². The summed E-state index contributed by atoms with van der Waals surface area (Å²) in [6.45, 7) is 0. The number of fused-ring (bicyclic) bond motifs is 2. The standard InChI is InChI=1S/C16H19N3/c17-19-16(14-8-12-7-13(12)9-14)11-3-4-15-10(6-11)2-1-5-18-15/h1-6,12-14,16,19H,7-9,17H2. The van der Waals surface area contributed by atoms with Gasteiger partial charge in [-0.1, -0.05) is 12.1 Å². The second kappa shape index (κ2) is 4.29. The Labute approximate surface area is 113 Å². The van der Waals surface area contributed by atoms with Gasteiger partial charge in [0.05, 0.1) is 5.52 Å². The zero-order valence-corrected chi connectivity index (χ0v) is 10.9. The van der Waals surface area contributed by atoms with Crippen LogP contribution in [0.1, 0.15) is 30.9 Å². The molecule has 4 rings (SSSR count). The lowest BCUT2D eigenvalue weighted by atomic mass is 9.89. The van der Waals surface area contributed by atoms with E-state index in [1.54, 1.807) is 0 Å². The molecular formula is C16H19N3. The van der Waals surface area contributed by atoms with Gasteiger partial charge in [0.1, 0.15) is 0 Å². The summed E-state index contributed by atoms with van der Waals surface area (Å²) in [5.74, 6) is 8.50. The van der Waals surface area contributed by atoms with E-state index in [-0.39, 0.29) is 6.04 Å². The Morgan fingerprint density at radius 1 is 1.16 bits per heavy atom. The molecule has 1 aromatic heterocycles. The molecule has 98 valence electrons. The molecule has 2 aliphatic rings. The zero-order valence-electron chi connectivity index (χ0n) is 10.9. The molecule has 19 heavy (non-hydrogen) atoms. The van der Waals surface area contributed by atoms with Crippen molar-refractivity contribution in [3.05, 3.63) is 42.1 Å². The third-order valence-corrected chi connectivity index (χ3v) is 4.92. The van der Waals surface area contributed by atoms with E-state index in [2.05, 4.69) is 34.7 Å². The number of benzene rings is 1. The molecule has 2 aromatic rings. The van der Waals surface area contributed by atoms with Crippen LogP contribution in [0.15, 0.2) is 36.5 Å². The van der Waals surface area contributed by atoms with Gasteiger partial charge < -0.3 is 0 Å².